The summed E-state index contributed by atoms with van der Waals surface area (Å²) in [5.74, 6) is 0.517. The number of aryl methyl sites for hydroxylation is 1. The van der Waals surface area contributed by atoms with Crippen molar-refractivity contribution in [3.05, 3.63) is 54.0 Å². The van der Waals surface area contributed by atoms with Crippen LogP contribution in [0.2, 0.25) is 0 Å². The zero-order chi connectivity index (χ0) is 17.2. The Labute approximate surface area is 146 Å². The minimum absolute atomic E-state index is 0.0207. The molecule has 6 nitrogen and oxygen atoms in total. The van der Waals surface area contributed by atoms with E-state index in [9.17, 15) is 4.79 Å². The van der Waals surface area contributed by atoms with Crippen LogP contribution in [0, 0.1) is 5.92 Å². The number of aromatic amines is 1. The molecule has 3 heterocycles. The number of benzene rings is 1. The molecule has 6 heteroatoms. The normalized spacial score (nSPS) is 17.3. The summed E-state index contributed by atoms with van der Waals surface area (Å²) in [5, 5.41) is 8.41. The van der Waals surface area contributed by atoms with E-state index in [-0.39, 0.29) is 6.03 Å². The Morgan fingerprint density at radius 1 is 1.40 bits per heavy atom. The second-order valence-electron chi connectivity index (χ2n) is 6.87. The highest BCUT2D eigenvalue weighted by Crippen LogP contribution is 2.21. The lowest BCUT2D eigenvalue weighted by molar-refractivity contribution is 0.206. The molecule has 0 bridgehead atoms. The van der Waals surface area contributed by atoms with Crippen molar-refractivity contribution in [2.24, 2.45) is 13.0 Å². The maximum atomic E-state index is 12.4. The predicted octanol–water partition coefficient (Wildman–Crippen LogP) is 2.68. The van der Waals surface area contributed by atoms with Gasteiger partial charge in [-0.3, -0.25) is 4.68 Å². The number of nitrogens with zero attached hydrogens (tertiary/aromatic N) is 3. The molecule has 2 N–H and O–H groups in total. The van der Waals surface area contributed by atoms with Gasteiger partial charge in [0, 0.05) is 37.5 Å². The first-order valence-corrected chi connectivity index (χ1v) is 8.74. The fourth-order valence-electron chi connectivity index (χ4n) is 3.61. The van der Waals surface area contributed by atoms with Crippen molar-refractivity contribution in [2.45, 2.75) is 19.4 Å². The Kier molecular flexibility index (Phi) is 4.17. The highest BCUT2D eigenvalue weighted by Gasteiger charge is 2.26. The van der Waals surface area contributed by atoms with Gasteiger partial charge in [-0.1, -0.05) is 18.2 Å². The van der Waals surface area contributed by atoms with Crippen molar-refractivity contribution >= 4 is 16.9 Å². The lowest BCUT2D eigenvalue weighted by atomic mass is 10.0. The number of carbonyl (C=O) groups excluding carboxylic acids is 1. The van der Waals surface area contributed by atoms with E-state index in [1.54, 1.807) is 0 Å². The monoisotopic (exact) mass is 337 g/mol. The summed E-state index contributed by atoms with van der Waals surface area (Å²) >= 11 is 0. The fourth-order valence-corrected chi connectivity index (χ4v) is 3.61. The van der Waals surface area contributed by atoms with E-state index in [4.69, 9.17) is 0 Å². The van der Waals surface area contributed by atoms with Crippen molar-refractivity contribution in [1.82, 2.24) is 25.0 Å². The number of hydrogen-bond acceptors (Lipinski definition) is 2. The Morgan fingerprint density at radius 3 is 3.08 bits per heavy atom. The maximum absolute atomic E-state index is 12.4. The molecular weight excluding hydrogens is 314 g/mol. The molecule has 130 valence electrons. The molecule has 1 aromatic carbocycles. The van der Waals surface area contributed by atoms with Gasteiger partial charge in [-0.05, 0) is 41.8 Å². The van der Waals surface area contributed by atoms with Crippen LogP contribution < -0.4 is 5.32 Å². The Bertz CT molecular complexity index is 848. The van der Waals surface area contributed by atoms with Crippen molar-refractivity contribution < 1.29 is 4.79 Å². The second-order valence-corrected chi connectivity index (χ2v) is 6.87. The second kappa shape index (κ2) is 6.63. The number of carbonyl (C=O) groups is 1. The average Bonchev–Trinajstić information content (AvgIpc) is 3.32. The Balaban J connectivity index is 1.29. The first-order valence-electron chi connectivity index (χ1n) is 8.74. The molecule has 1 aliphatic heterocycles. The Morgan fingerprint density at radius 2 is 2.28 bits per heavy atom. The first-order chi connectivity index (χ1) is 12.2. The molecule has 2 amide bonds. The molecule has 0 aliphatic carbocycles. The van der Waals surface area contributed by atoms with Gasteiger partial charge in [-0.15, -0.1) is 0 Å². The van der Waals surface area contributed by atoms with Gasteiger partial charge in [0.15, 0.2) is 0 Å². The van der Waals surface area contributed by atoms with Gasteiger partial charge in [0.25, 0.3) is 0 Å². The molecule has 0 spiro atoms. The number of urea groups is 1. The van der Waals surface area contributed by atoms with Gasteiger partial charge in [-0.2, -0.15) is 5.10 Å². The molecule has 25 heavy (non-hydrogen) atoms. The molecule has 4 rings (SSSR count). The molecule has 1 fully saturated rings. The fraction of sp³-hybridized carbons (Fsp3) is 0.368. The van der Waals surface area contributed by atoms with Crippen molar-refractivity contribution in [1.29, 1.82) is 0 Å². The third-order valence-electron chi connectivity index (χ3n) is 4.87. The quantitative estimate of drug-likeness (QED) is 0.769. The van der Waals surface area contributed by atoms with E-state index in [1.165, 1.54) is 10.9 Å². The topological polar surface area (TPSA) is 66.0 Å². The molecule has 0 unspecified atom stereocenters. The van der Waals surface area contributed by atoms with Crippen LogP contribution >= 0.6 is 0 Å². The minimum atomic E-state index is 0.0207. The van der Waals surface area contributed by atoms with E-state index in [2.05, 4.69) is 33.7 Å². The molecule has 0 radical (unpaired) electrons. The van der Waals surface area contributed by atoms with Gasteiger partial charge in [0.05, 0.1) is 12.7 Å². The number of amides is 2. The molecule has 3 aromatic rings. The molecule has 1 atom stereocenters. The van der Waals surface area contributed by atoms with Crippen LogP contribution in [0.15, 0.2) is 42.7 Å². The summed E-state index contributed by atoms with van der Waals surface area (Å²) in [7, 11) is 1.93. The third-order valence-corrected chi connectivity index (χ3v) is 4.87. The summed E-state index contributed by atoms with van der Waals surface area (Å²) in [6.07, 6.45) is 6.01. The summed E-state index contributed by atoms with van der Waals surface area (Å²) in [4.78, 5) is 17.7. The number of hydrogen-bond donors (Lipinski definition) is 2. The van der Waals surface area contributed by atoms with Crippen LogP contribution in [0.25, 0.3) is 10.9 Å². The number of aromatic nitrogens is 3. The number of likely N-dealkylation sites (tertiary alicyclic amines) is 1. The largest absolute Gasteiger partial charge is 0.357 e. The summed E-state index contributed by atoms with van der Waals surface area (Å²) < 4.78 is 1.83. The van der Waals surface area contributed by atoms with Gasteiger partial charge in [0.1, 0.15) is 0 Å². The van der Waals surface area contributed by atoms with Crippen LogP contribution in [0.5, 0.6) is 0 Å². The highest BCUT2D eigenvalue weighted by atomic mass is 16.2. The number of para-hydroxylation sites is 1. The van der Waals surface area contributed by atoms with Crippen molar-refractivity contribution in [3.63, 3.8) is 0 Å². The van der Waals surface area contributed by atoms with Crippen molar-refractivity contribution in [2.75, 3.05) is 13.1 Å². The highest BCUT2D eigenvalue weighted by molar-refractivity contribution is 5.80. The predicted molar refractivity (Wildman–Crippen MR) is 97.1 cm³/mol. The lowest BCUT2D eigenvalue weighted by Crippen LogP contribution is -2.38. The number of fused-ring (bicyclic) bond motifs is 1. The Hall–Kier alpha value is -2.76. The van der Waals surface area contributed by atoms with Crippen molar-refractivity contribution in [3.8, 4) is 0 Å². The van der Waals surface area contributed by atoms with Crippen LogP contribution in [0.4, 0.5) is 4.79 Å². The zero-order valence-electron chi connectivity index (χ0n) is 14.4. The van der Waals surface area contributed by atoms with Crippen LogP contribution in [0.3, 0.4) is 0 Å². The van der Waals surface area contributed by atoms with E-state index in [0.29, 0.717) is 12.5 Å². The van der Waals surface area contributed by atoms with Gasteiger partial charge in [0.2, 0.25) is 0 Å². The molecule has 1 aliphatic rings. The summed E-state index contributed by atoms with van der Waals surface area (Å²) in [6, 6.07) is 10.3. The molecular formula is C19H23N5O. The van der Waals surface area contributed by atoms with E-state index < -0.39 is 0 Å². The zero-order valence-corrected chi connectivity index (χ0v) is 14.4. The smallest absolute Gasteiger partial charge is 0.317 e. The minimum Gasteiger partial charge on any atom is -0.357 e. The summed E-state index contributed by atoms with van der Waals surface area (Å²) in [5.41, 5.74) is 3.37. The first kappa shape index (κ1) is 15.7. The van der Waals surface area contributed by atoms with Gasteiger partial charge >= 0.3 is 6.03 Å². The van der Waals surface area contributed by atoms with E-state index in [0.717, 1.165) is 37.1 Å². The van der Waals surface area contributed by atoms with E-state index in [1.807, 2.05) is 41.0 Å². The third kappa shape index (κ3) is 3.52. The summed E-state index contributed by atoms with van der Waals surface area (Å²) in [6.45, 7) is 2.16. The standard InChI is InChI=1S/C19H23N5O/c1-23-12-15(10-21-23)8-14-6-7-24(13-14)19(25)20-11-17-9-16-4-2-3-5-18(16)22-17/h2-5,9-10,12,14,22H,6-8,11,13H2,1H3,(H,20,25)/t14-/m1/s1. The van der Waals surface area contributed by atoms with Crippen LogP contribution in [0.1, 0.15) is 17.7 Å². The number of nitrogens with one attached hydrogen (secondary N) is 2. The molecule has 2 aromatic heterocycles. The lowest BCUT2D eigenvalue weighted by Gasteiger charge is -2.17. The maximum Gasteiger partial charge on any atom is 0.317 e. The number of rotatable bonds is 4. The van der Waals surface area contributed by atoms with Crippen LogP contribution in [-0.4, -0.2) is 38.8 Å². The number of H-pyrrole nitrogens is 1. The van der Waals surface area contributed by atoms with E-state index >= 15 is 0 Å². The van der Waals surface area contributed by atoms with Gasteiger partial charge in [-0.25, -0.2) is 4.79 Å². The van der Waals surface area contributed by atoms with Gasteiger partial charge < -0.3 is 15.2 Å². The van der Waals surface area contributed by atoms with Crippen LogP contribution in [-0.2, 0) is 20.0 Å². The SMILES string of the molecule is Cn1cc(C[C@H]2CCN(C(=O)NCc3cc4ccccc4[nH]3)C2)cn1. The average molecular weight is 337 g/mol. The molecule has 0 saturated carbocycles. The molecule has 1 saturated heterocycles.